The molecule has 14 heavy (non-hydrogen) atoms. The Bertz CT molecular complexity index is 365. The van der Waals surface area contributed by atoms with Crippen LogP contribution in [0.5, 0.6) is 0 Å². The monoisotopic (exact) mass is 200 g/mol. The molecular formula is C9H7F3N2. The van der Waals surface area contributed by atoms with Crippen LogP contribution in [0.3, 0.4) is 0 Å². The fourth-order valence-electron chi connectivity index (χ4n) is 0.868. The number of terminal acetylenes is 1. The van der Waals surface area contributed by atoms with Gasteiger partial charge in [0.15, 0.2) is 0 Å². The maximum absolute atomic E-state index is 12.2. The van der Waals surface area contributed by atoms with E-state index in [0.29, 0.717) is 0 Å². The van der Waals surface area contributed by atoms with Gasteiger partial charge in [0, 0.05) is 0 Å². The second kappa shape index (κ2) is 3.68. The van der Waals surface area contributed by atoms with Gasteiger partial charge in [-0.05, 0) is 12.1 Å². The third kappa shape index (κ3) is 2.24. The Kier molecular flexibility index (Phi) is 2.77. The number of hydrogen-bond donors (Lipinski definition) is 1. The van der Waals surface area contributed by atoms with Crippen LogP contribution in [0.2, 0.25) is 0 Å². The predicted octanol–water partition coefficient (Wildman–Crippen LogP) is 1.73. The highest BCUT2D eigenvalue weighted by atomic mass is 19.4. The third-order valence-electron chi connectivity index (χ3n) is 1.56. The topological polar surface area (TPSA) is 38.9 Å². The average Bonchev–Trinajstić information content (AvgIpc) is 2.15. The van der Waals surface area contributed by atoms with Gasteiger partial charge in [-0.3, -0.25) is 0 Å². The zero-order chi connectivity index (χ0) is 10.8. The quantitative estimate of drug-likeness (QED) is 0.701. The highest BCUT2D eigenvalue weighted by Gasteiger charge is 2.32. The lowest BCUT2D eigenvalue weighted by molar-refractivity contribution is -0.141. The van der Waals surface area contributed by atoms with Crippen molar-refractivity contribution in [1.29, 1.82) is 0 Å². The number of alkyl halides is 3. The molecule has 0 bridgehead atoms. The van der Waals surface area contributed by atoms with Gasteiger partial charge >= 0.3 is 6.18 Å². The van der Waals surface area contributed by atoms with Crippen LogP contribution in [0.4, 0.5) is 13.2 Å². The fourth-order valence-corrected chi connectivity index (χ4v) is 0.868. The van der Waals surface area contributed by atoms with E-state index < -0.39 is 17.9 Å². The molecule has 5 heteroatoms. The maximum atomic E-state index is 12.2. The van der Waals surface area contributed by atoms with E-state index in [4.69, 9.17) is 12.2 Å². The van der Waals surface area contributed by atoms with E-state index >= 15 is 0 Å². The van der Waals surface area contributed by atoms with Gasteiger partial charge in [-0.1, -0.05) is 12.0 Å². The molecule has 0 radical (unpaired) electrons. The minimum Gasteiger partial charge on any atom is -0.313 e. The van der Waals surface area contributed by atoms with E-state index in [1.54, 1.807) is 0 Å². The molecule has 0 aliphatic heterocycles. The molecule has 2 nitrogen and oxygen atoms in total. The first-order chi connectivity index (χ1) is 6.45. The van der Waals surface area contributed by atoms with Gasteiger partial charge in [0.2, 0.25) is 0 Å². The minimum absolute atomic E-state index is 0.0438. The summed E-state index contributed by atoms with van der Waals surface area (Å²) in [6.07, 6.45) is 0.499. The van der Waals surface area contributed by atoms with Crippen molar-refractivity contribution >= 4 is 0 Å². The Morgan fingerprint density at radius 1 is 1.43 bits per heavy atom. The molecule has 1 aromatic rings. The van der Waals surface area contributed by atoms with E-state index in [1.807, 2.05) is 0 Å². The lowest BCUT2D eigenvalue weighted by Gasteiger charge is -2.08. The molecule has 0 saturated carbocycles. The third-order valence-corrected chi connectivity index (χ3v) is 1.56. The molecule has 0 saturated heterocycles. The molecule has 2 N–H and O–H groups in total. The standard InChI is InChI=1S/C9H7F3N2/c1-2-6(13)7-4-3-5-8(14-7)9(10,11)12/h1,3-6H,13H2/t6-/m1/s1. The van der Waals surface area contributed by atoms with E-state index in [0.717, 1.165) is 6.07 Å². The average molecular weight is 200 g/mol. The zero-order valence-corrected chi connectivity index (χ0v) is 7.05. The van der Waals surface area contributed by atoms with Crippen molar-refractivity contribution in [3.63, 3.8) is 0 Å². The summed E-state index contributed by atoms with van der Waals surface area (Å²) in [4.78, 5) is 3.32. The number of nitrogens with two attached hydrogens (primary N) is 1. The van der Waals surface area contributed by atoms with Crippen LogP contribution in [0.15, 0.2) is 18.2 Å². The van der Waals surface area contributed by atoms with Crippen LogP contribution < -0.4 is 5.73 Å². The zero-order valence-electron chi connectivity index (χ0n) is 7.05. The van der Waals surface area contributed by atoms with E-state index in [1.165, 1.54) is 12.1 Å². The van der Waals surface area contributed by atoms with Gasteiger partial charge in [-0.15, -0.1) is 6.42 Å². The summed E-state index contributed by atoms with van der Waals surface area (Å²) in [5.74, 6) is 2.11. The summed E-state index contributed by atoms with van der Waals surface area (Å²) in [6.45, 7) is 0. The SMILES string of the molecule is C#C[C@@H](N)c1cccc(C(F)(F)F)n1. The molecule has 1 aromatic heterocycles. The van der Waals surface area contributed by atoms with Crippen molar-refractivity contribution in [3.8, 4) is 12.3 Å². The second-order valence-corrected chi connectivity index (χ2v) is 2.59. The summed E-state index contributed by atoms with van der Waals surface area (Å²) >= 11 is 0. The van der Waals surface area contributed by atoms with E-state index in [2.05, 4.69) is 10.9 Å². The highest BCUT2D eigenvalue weighted by molar-refractivity contribution is 5.21. The molecule has 0 amide bonds. The predicted molar refractivity (Wildman–Crippen MR) is 45.0 cm³/mol. The number of hydrogen-bond acceptors (Lipinski definition) is 2. The number of aromatic nitrogens is 1. The Morgan fingerprint density at radius 3 is 2.57 bits per heavy atom. The molecule has 0 aromatic carbocycles. The molecule has 0 aliphatic rings. The first-order valence-electron chi connectivity index (χ1n) is 3.71. The molecule has 0 fully saturated rings. The Hall–Kier alpha value is -1.54. The molecular weight excluding hydrogens is 193 g/mol. The number of pyridine rings is 1. The Labute approximate surface area is 78.9 Å². The van der Waals surface area contributed by atoms with Gasteiger partial charge in [0.05, 0.1) is 5.69 Å². The van der Waals surface area contributed by atoms with Crippen LogP contribution in [-0.4, -0.2) is 4.98 Å². The lowest BCUT2D eigenvalue weighted by atomic mass is 10.2. The summed E-state index contributed by atoms with van der Waals surface area (Å²) in [7, 11) is 0. The van der Waals surface area contributed by atoms with Crippen molar-refractivity contribution in [2.24, 2.45) is 5.73 Å². The second-order valence-electron chi connectivity index (χ2n) is 2.59. The summed E-state index contributed by atoms with van der Waals surface area (Å²) in [5, 5.41) is 0. The number of rotatable bonds is 1. The van der Waals surface area contributed by atoms with Gasteiger partial charge in [0.1, 0.15) is 11.7 Å². The van der Waals surface area contributed by atoms with Crippen LogP contribution in [0, 0.1) is 12.3 Å². The Morgan fingerprint density at radius 2 is 2.07 bits per heavy atom. The van der Waals surface area contributed by atoms with E-state index in [9.17, 15) is 13.2 Å². The van der Waals surface area contributed by atoms with Gasteiger partial charge in [-0.2, -0.15) is 13.2 Å². The molecule has 74 valence electrons. The largest absolute Gasteiger partial charge is 0.433 e. The maximum Gasteiger partial charge on any atom is 0.433 e. The van der Waals surface area contributed by atoms with Crippen molar-refractivity contribution in [3.05, 3.63) is 29.6 Å². The molecule has 1 heterocycles. The first kappa shape index (κ1) is 10.5. The van der Waals surface area contributed by atoms with Crippen LogP contribution in [0.1, 0.15) is 17.4 Å². The highest BCUT2D eigenvalue weighted by Crippen LogP contribution is 2.27. The number of halogens is 3. The fraction of sp³-hybridized carbons (Fsp3) is 0.222. The molecule has 0 unspecified atom stereocenters. The molecule has 1 atom stereocenters. The first-order valence-corrected chi connectivity index (χ1v) is 3.71. The number of nitrogens with zero attached hydrogens (tertiary/aromatic N) is 1. The normalized spacial score (nSPS) is 13.4. The van der Waals surface area contributed by atoms with Crippen molar-refractivity contribution < 1.29 is 13.2 Å². The smallest absolute Gasteiger partial charge is 0.313 e. The van der Waals surface area contributed by atoms with Gasteiger partial charge in [-0.25, -0.2) is 4.98 Å². The van der Waals surface area contributed by atoms with Crippen molar-refractivity contribution in [2.75, 3.05) is 0 Å². The molecule has 0 spiro atoms. The van der Waals surface area contributed by atoms with Crippen LogP contribution in [-0.2, 0) is 6.18 Å². The van der Waals surface area contributed by atoms with Crippen LogP contribution in [0.25, 0.3) is 0 Å². The van der Waals surface area contributed by atoms with Gasteiger partial charge < -0.3 is 5.73 Å². The molecule has 1 rings (SSSR count). The summed E-state index contributed by atoms with van der Waals surface area (Å²) < 4.78 is 36.5. The summed E-state index contributed by atoms with van der Waals surface area (Å²) in [6, 6.07) is 2.55. The van der Waals surface area contributed by atoms with Crippen molar-refractivity contribution in [2.45, 2.75) is 12.2 Å². The molecule has 0 aliphatic carbocycles. The minimum atomic E-state index is -4.47. The Balaban J connectivity index is 3.09. The van der Waals surface area contributed by atoms with Crippen molar-refractivity contribution in [1.82, 2.24) is 4.98 Å². The van der Waals surface area contributed by atoms with Crippen LogP contribution >= 0.6 is 0 Å². The van der Waals surface area contributed by atoms with E-state index in [-0.39, 0.29) is 5.69 Å². The van der Waals surface area contributed by atoms with Gasteiger partial charge in [0.25, 0.3) is 0 Å². The lowest BCUT2D eigenvalue weighted by Crippen LogP contribution is -2.14. The summed E-state index contributed by atoms with van der Waals surface area (Å²) in [5.41, 5.74) is 4.40.